The van der Waals surface area contributed by atoms with Crippen LogP contribution >= 0.6 is 15.9 Å². The van der Waals surface area contributed by atoms with Crippen LogP contribution < -0.4 is 5.32 Å². The molecule has 0 radical (unpaired) electrons. The minimum absolute atomic E-state index is 0.191. The highest BCUT2D eigenvalue weighted by atomic mass is 79.9. The van der Waals surface area contributed by atoms with Gasteiger partial charge in [0.05, 0.1) is 5.69 Å². The van der Waals surface area contributed by atoms with Crippen LogP contribution in [0, 0.1) is 11.7 Å². The Bertz CT molecular complexity index is 383. The van der Waals surface area contributed by atoms with Gasteiger partial charge in [0.15, 0.2) is 0 Å². The smallest absolute Gasteiger partial charge is 0.147 e. The number of hydrogen-bond donors (Lipinski definition) is 1. The van der Waals surface area contributed by atoms with Gasteiger partial charge in [-0.1, -0.05) is 6.07 Å². The summed E-state index contributed by atoms with van der Waals surface area (Å²) >= 11 is 3.40. The van der Waals surface area contributed by atoms with E-state index < -0.39 is 0 Å². The lowest BCUT2D eigenvalue weighted by atomic mass is 9.90. The highest BCUT2D eigenvalue weighted by Crippen LogP contribution is 2.29. The number of halogens is 2. The van der Waals surface area contributed by atoms with Crippen molar-refractivity contribution >= 4 is 21.6 Å². The second kappa shape index (κ2) is 6.02. The third kappa shape index (κ3) is 3.23. The minimum atomic E-state index is -0.191. The third-order valence-electron chi connectivity index (χ3n) is 3.81. The molecule has 100 valence electrons. The van der Waals surface area contributed by atoms with Crippen molar-refractivity contribution in [3.05, 3.63) is 28.5 Å². The number of likely N-dealkylation sites (tertiary alicyclic amines) is 1. The Morgan fingerprint density at radius 2 is 2.06 bits per heavy atom. The van der Waals surface area contributed by atoms with Crippen molar-refractivity contribution < 1.29 is 4.39 Å². The third-order valence-corrected chi connectivity index (χ3v) is 4.47. The standard InChI is InChI=1S/C14H20BrFN2/c1-10(11-6-8-18(2)9-7-11)17-14-12(15)4-3-5-13(14)16/h3-5,10-11,17H,6-9H2,1-2H3. The zero-order chi connectivity index (χ0) is 13.1. The van der Waals surface area contributed by atoms with Crippen LogP contribution in [0.25, 0.3) is 0 Å². The topological polar surface area (TPSA) is 15.3 Å². The normalized spacial score (nSPS) is 19.8. The molecule has 1 saturated heterocycles. The molecule has 0 aliphatic carbocycles. The highest BCUT2D eigenvalue weighted by Gasteiger charge is 2.23. The van der Waals surface area contributed by atoms with Crippen LogP contribution in [0.4, 0.5) is 10.1 Å². The van der Waals surface area contributed by atoms with Crippen molar-refractivity contribution in [2.75, 3.05) is 25.5 Å². The van der Waals surface area contributed by atoms with Crippen LogP contribution in [0.15, 0.2) is 22.7 Å². The number of benzene rings is 1. The number of para-hydroxylation sites is 1. The van der Waals surface area contributed by atoms with E-state index in [1.807, 2.05) is 6.07 Å². The average Bonchev–Trinajstić information content (AvgIpc) is 2.34. The predicted octanol–water partition coefficient (Wildman–Crippen LogP) is 3.73. The first-order valence-electron chi connectivity index (χ1n) is 6.47. The van der Waals surface area contributed by atoms with Gasteiger partial charge < -0.3 is 10.2 Å². The van der Waals surface area contributed by atoms with E-state index >= 15 is 0 Å². The molecule has 18 heavy (non-hydrogen) atoms. The molecule has 4 heteroatoms. The summed E-state index contributed by atoms with van der Waals surface area (Å²) in [6.07, 6.45) is 2.35. The fourth-order valence-corrected chi connectivity index (χ4v) is 2.97. The lowest BCUT2D eigenvalue weighted by Gasteiger charge is -2.33. The van der Waals surface area contributed by atoms with E-state index in [9.17, 15) is 4.39 Å². The van der Waals surface area contributed by atoms with Crippen LogP contribution in [0.1, 0.15) is 19.8 Å². The van der Waals surface area contributed by atoms with E-state index in [1.165, 1.54) is 18.9 Å². The Hall–Kier alpha value is -0.610. The van der Waals surface area contributed by atoms with Gasteiger partial charge in [0.25, 0.3) is 0 Å². The Labute approximate surface area is 117 Å². The maximum Gasteiger partial charge on any atom is 0.147 e. The molecule has 1 aromatic rings. The Balaban J connectivity index is 2.00. The van der Waals surface area contributed by atoms with Gasteiger partial charge in [-0.15, -0.1) is 0 Å². The summed E-state index contributed by atoms with van der Waals surface area (Å²) in [5.74, 6) is 0.428. The summed E-state index contributed by atoms with van der Waals surface area (Å²) in [5, 5.41) is 3.32. The second-order valence-electron chi connectivity index (χ2n) is 5.17. The van der Waals surface area contributed by atoms with Crippen molar-refractivity contribution in [1.82, 2.24) is 4.90 Å². The molecule has 0 spiro atoms. The van der Waals surface area contributed by atoms with E-state index in [0.29, 0.717) is 17.6 Å². The molecule has 2 nitrogen and oxygen atoms in total. The molecule has 1 unspecified atom stereocenters. The molecule has 1 N–H and O–H groups in total. The maximum absolute atomic E-state index is 13.7. The van der Waals surface area contributed by atoms with Crippen molar-refractivity contribution in [1.29, 1.82) is 0 Å². The summed E-state index contributed by atoms with van der Waals surface area (Å²) in [7, 11) is 2.15. The molecule has 0 aromatic heterocycles. The van der Waals surface area contributed by atoms with Crippen molar-refractivity contribution in [3.8, 4) is 0 Å². The van der Waals surface area contributed by atoms with Crippen LogP contribution in [-0.2, 0) is 0 Å². The molecular formula is C14H20BrFN2. The molecule has 1 aliphatic rings. The molecule has 0 bridgehead atoms. The fraction of sp³-hybridized carbons (Fsp3) is 0.571. The van der Waals surface area contributed by atoms with E-state index in [2.05, 4.69) is 40.1 Å². The molecule has 1 heterocycles. The first-order chi connectivity index (χ1) is 8.58. The van der Waals surface area contributed by atoms with Gasteiger partial charge in [-0.05, 0) is 73.9 Å². The van der Waals surface area contributed by atoms with Crippen LogP contribution in [0.5, 0.6) is 0 Å². The molecule has 1 aromatic carbocycles. The largest absolute Gasteiger partial charge is 0.379 e. The average molecular weight is 315 g/mol. The van der Waals surface area contributed by atoms with Crippen LogP contribution in [-0.4, -0.2) is 31.1 Å². The molecular weight excluding hydrogens is 295 g/mol. The number of piperidine rings is 1. The van der Waals surface area contributed by atoms with E-state index in [1.54, 1.807) is 6.07 Å². The van der Waals surface area contributed by atoms with Gasteiger partial charge >= 0.3 is 0 Å². The van der Waals surface area contributed by atoms with Gasteiger partial charge in [0.1, 0.15) is 5.82 Å². The zero-order valence-corrected chi connectivity index (χ0v) is 12.5. The van der Waals surface area contributed by atoms with Gasteiger partial charge in [-0.3, -0.25) is 0 Å². The fourth-order valence-electron chi connectivity index (χ4n) is 2.51. The number of nitrogens with zero attached hydrogens (tertiary/aromatic N) is 1. The number of nitrogens with one attached hydrogen (secondary N) is 1. The maximum atomic E-state index is 13.7. The van der Waals surface area contributed by atoms with Crippen molar-refractivity contribution in [2.45, 2.75) is 25.8 Å². The molecule has 1 atom stereocenters. The van der Waals surface area contributed by atoms with E-state index in [-0.39, 0.29) is 5.82 Å². The van der Waals surface area contributed by atoms with E-state index in [0.717, 1.165) is 17.6 Å². The predicted molar refractivity (Wildman–Crippen MR) is 77.4 cm³/mol. The quantitative estimate of drug-likeness (QED) is 0.914. The van der Waals surface area contributed by atoms with Crippen molar-refractivity contribution in [2.24, 2.45) is 5.92 Å². The minimum Gasteiger partial charge on any atom is -0.379 e. The molecule has 1 fully saturated rings. The second-order valence-corrected chi connectivity index (χ2v) is 6.02. The molecule has 2 rings (SSSR count). The van der Waals surface area contributed by atoms with Gasteiger partial charge in [-0.25, -0.2) is 4.39 Å². The number of rotatable bonds is 3. The summed E-state index contributed by atoms with van der Waals surface area (Å²) < 4.78 is 14.5. The molecule has 0 amide bonds. The van der Waals surface area contributed by atoms with Gasteiger partial charge in [0.2, 0.25) is 0 Å². The Morgan fingerprint density at radius 1 is 1.39 bits per heavy atom. The molecule has 0 saturated carbocycles. The number of hydrogen-bond acceptors (Lipinski definition) is 2. The lowest BCUT2D eigenvalue weighted by Crippen LogP contribution is -2.37. The first-order valence-corrected chi connectivity index (χ1v) is 7.26. The molecule has 1 aliphatic heterocycles. The van der Waals surface area contributed by atoms with Crippen molar-refractivity contribution in [3.63, 3.8) is 0 Å². The summed E-state index contributed by atoms with van der Waals surface area (Å²) in [4.78, 5) is 2.35. The van der Waals surface area contributed by atoms with E-state index in [4.69, 9.17) is 0 Å². The highest BCUT2D eigenvalue weighted by molar-refractivity contribution is 9.10. The SMILES string of the molecule is CC(Nc1c(F)cccc1Br)C1CCN(C)CC1. The first kappa shape index (κ1) is 13.8. The van der Waals surface area contributed by atoms with Crippen LogP contribution in [0.3, 0.4) is 0 Å². The van der Waals surface area contributed by atoms with Gasteiger partial charge in [-0.2, -0.15) is 0 Å². The Morgan fingerprint density at radius 3 is 2.67 bits per heavy atom. The zero-order valence-electron chi connectivity index (χ0n) is 10.9. The van der Waals surface area contributed by atoms with Gasteiger partial charge in [0, 0.05) is 10.5 Å². The monoisotopic (exact) mass is 314 g/mol. The Kier molecular flexibility index (Phi) is 4.62. The summed E-state index contributed by atoms with van der Waals surface area (Å²) in [5.41, 5.74) is 0.587. The summed E-state index contributed by atoms with van der Waals surface area (Å²) in [6, 6.07) is 5.37. The summed E-state index contributed by atoms with van der Waals surface area (Å²) in [6.45, 7) is 4.42. The van der Waals surface area contributed by atoms with Crippen LogP contribution in [0.2, 0.25) is 0 Å². The number of anilines is 1. The lowest BCUT2D eigenvalue weighted by molar-refractivity contribution is 0.208.